The van der Waals surface area contributed by atoms with E-state index in [-0.39, 0.29) is 80.8 Å². The van der Waals surface area contributed by atoms with Crippen molar-refractivity contribution in [3.63, 3.8) is 0 Å². The lowest BCUT2D eigenvalue weighted by atomic mass is 9.85. The van der Waals surface area contributed by atoms with Crippen LogP contribution in [0.15, 0.2) is 144 Å². The van der Waals surface area contributed by atoms with Crippen molar-refractivity contribution >= 4 is 53.4 Å². The van der Waals surface area contributed by atoms with Gasteiger partial charge in [0.05, 0.1) is 76.7 Å². The maximum Gasteiger partial charge on any atom is 0.266 e. The Morgan fingerprint density at radius 3 is 1.31 bits per heavy atom. The Morgan fingerprint density at radius 2 is 0.956 bits per heavy atom. The van der Waals surface area contributed by atoms with Gasteiger partial charge in [-0.05, 0) is 97.5 Å². The molecule has 12 rings (SSSR count). The number of piperidine rings is 2. The molecule has 20 nitrogen and oxygen atoms in total. The molecular weight excluding hydrogens is 1240 g/mol. The molecule has 4 aliphatic rings. The maximum atomic E-state index is 14.2. The lowest BCUT2D eigenvalue weighted by molar-refractivity contribution is 0.0550. The molecule has 6 atom stereocenters. The Bertz CT molecular complexity index is 3860. The molecule has 0 aliphatic carbocycles. The van der Waals surface area contributed by atoms with E-state index in [1.165, 1.54) is 59.8 Å². The first-order valence-electron chi connectivity index (χ1n) is 29.0. The van der Waals surface area contributed by atoms with Crippen molar-refractivity contribution in [1.29, 1.82) is 10.5 Å². The number of fused-ring (bicyclic) bond motifs is 2. The van der Waals surface area contributed by atoms with Gasteiger partial charge in [0.15, 0.2) is 0 Å². The molecule has 0 unspecified atom stereocenters. The van der Waals surface area contributed by atoms with Gasteiger partial charge in [0, 0.05) is 132 Å². The number of anilines is 2. The topological polar surface area (TPSA) is 236 Å². The highest BCUT2D eigenvalue weighted by Crippen LogP contribution is 2.48. The first-order chi connectivity index (χ1) is 43.6. The molecule has 2 fully saturated rings. The fourth-order valence-corrected chi connectivity index (χ4v) is 16.6. The second kappa shape index (κ2) is 27.7. The molecule has 0 spiro atoms. The number of nitriles is 2. The maximum absolute atomic E-state index is 14.2. The molecule has 0 radical (unpaired) electrons. The zero-order chi connectivity index (χ0) is 63.1. The van der Waals surface area contributed by atoms with E-state index >= 15 is 0 Å². The Hall–Kier alpha value is -8.50. The summed E-state index contributed by atoms with van der Waals surface area (Å²) in [7, 11) is -2.11. The summed E-state index contributed by atoms with van der Waals surface area (Å²) in [6.07, 6.45) is 6.74. The minimum absolute atomic E-state index is 0.0432. The summed E-state index contributed by atoms with van der Waals surface area (Å²) in [5, 5.41) is 19.8. The Kier molecular flexibility index (Phi) is 19.4. The van der Waals surface area contributed by atoms with Gasteiger partial charge in [-0.1, -0.05) is 36.4 Å². The third kappa shape index (κ3) is 13.4. The van der Waals surface area contributed by atoms with E-state index < -0.39 is 20.0 Å². The molecule has 2 aromatic heterocycles. The van der Waals surface area contributed by atoms with Crippen molar-refractivity contribution in [2.45, 2.75) is 85.6 Å². The molecule has 4 aliphatic heterocycles. The predicted molar refractivity (Wildman–Crippen MR) is 333 cm³/mol. The highest BCUT2D eigenvalue weighted by Gasteiger charge is 2.41. The summed E-state index contributed by atoms with van der Waals surface area (Å²) in [6, 6.07) is 37.8. The fraction of sp³-hybridized carbons (Fsp3) is 0.344. The quantitative estimate of drug-likeness (QED) is 0.0776. The zero-order valence-electron chi connectivity index (χ0n) is 49.6. The number of sulfonamides is 2. The van der Waals surface area contributed by atoms with Crippen LogP contribution in [0.5, 0.6) is 34.5 Å². The molecule has 468 valence electrons. The van der Waals surface area contributed by atoms with Gasteiger partial charge in [0.1, 0.15) is 58.8 Å². The largest absolute Gasteiger partial charge is 0.497 e. The van der Waals surface area contributed by atoms with Crippen molar-refractivity contribution in [2.24, 2.45) is 11.8 Å². The second-order valence-electron chi connectivity index (χ2n) is 21.8. The average molecular weight is 1300 g/mol. The molecule has 0 saturated carbocycles. The molecule has 2 saturated heterocycles. The summed E-state index contributed by atoms with van der Waals surface area (Å²) in [5.74, 6) is 2.29. The Labute approximate surface area is 529 Å². The second-order valence-corrected chi connectivity index (χ2v) is 27.1. The molecule has 90 heavy (non-hydrogen) atoms. The zero-order valence-corrected chi connectivity index (χ0v) is 52.9. The normalized spacial score (nSPS) is 20.0. The average Bonchev–Trinajstić information content (AvgIpc) is 1.18. The Balaban J connectivity index is 0.000000185. The summed E-state index contributed by atoms with van der Waals surface area (Å²) >= 11 is 1.96. The molecule has 6 aromatic carbocycles. The van der Waals surface area contributed by atoms with Crippen LogP contribution in [0.4, 0.5) is 19.0 Å². The standard InChI is InChI=1S/2C32H32FN5O5S2/c2*1-41-25-8-5-23(30(16-25)42-2)19-38(32-35-20-36-44-32)45(39,40)26-9-10-27-28(12-14-43-31(27)17-26)37-13-11-21(18-34)15-29(37)22-3-6-24(33)7-4-22/h2*3-10,16-17,20-21,28-29H,11-15,19H2,1-2H3/t21-,28+,29+;21-,28-,29+/m11/s1. The molecule has 26 heteroatoms. The molecular formula is C64H64F2N10O10S4. The van der Waals surface area contributed by atoms with E-state index in [9.17, 15) is 36.1 Å². The van der Waals surface area contributed by atoms with Crippen LogP contribution in [0.1, 0.15) is 96.1 Å². The van der Waals surface area contributed by atoms with Crippen LogP contribution >= 0.6 is 23.1 Å². The van der Waals surface area contributed by atoms with Gasteiger partial charge < -0.3 is 28.4 Å². The van der Waals surface area contributed by atoms with Crippen LogP contribution in [-0.4, -0.2) is 100 Å². The third-order valence-electron chi connectivity index (χ3n) is 16.9. The first-order valence-corrected chi connectivity index (χ1v) is 33.4. The third-order valence-corrected chi connectivity index (χ3v) is 21.9. The van der Waals surface area contributed by atoms with Crippen LogP contribution in [0.2, 0.25) is 0 Å². The van der Waals surface area contributed by atoms with E-state index in [1.54, 1.807) is 99.1 Å². The van der Waals surface area contributed by atoms with Gasteiger partial charge in [-0.25, -0.2) is 44.2 Å². The first kappa shape index (κ1) is 63.1. The summed E-state index contributed by atoms with van der Waals surface area (Å²) in [5.41, 5.74) is 4.90. The number of methoxy groups -OCH3 is 4. The number of likely N-dealkylation sites (tertiary alicyclic amines) is 2. The minimum Gasteiger partial charge on any atom is -0.497 e. The van der Waals surface area contributed by atoms with Gasteiger partial charge >= 0.3 is 0 Å². The number of hydrogen-bond acceptors (Lipinski definition) is 20. The molecule has 0 bridgehead atoms. The van der Waals surface area contributed by atoms with Gasteiger partial charge in [-0.2, -0.15) is 19.3 Å². The smallest absolute Gasteiger partial charge is 0.266 e. The molecule has 0 amide bonds. The number of halogens is 2. The van der Waals surface area contributed by atoms with Gasteiger partial charge in [0.25, 0.3) is 20.0 Å². The Morgan fingerprint density at radius 1 is 0.544 bits per heavy atom. The number of nitrogens with zero attached hydrogens (tertiary/aromatic N) is 10. The van der Waals surface area contributed by atoms with E-state index in [0.717, 1.165) is 58.2 Å². The van der Waals surface area contributed by atoms with Crippen molar-refractivity contribution < 1.29 is 54.0 Å². The van der Waals surface area contributed by atoms with Crippen molar-refractivity contribution in [2.75, 3.05) is 63.4 Å². The molecule has 6 heterocycles. The number of hydrogen-bond donors (Lipinski definition) is 0. The predicted octanol–water partition coefficient (Wildman–Crippen LogP) is 11.8. The van der Waals surface area contributed by atoms with Crippen LogP contribution in [-0.2, 0) is 33.1 Å². The van der Waals surface area contributed by atoms with E-state index in [2.05, 4.69) is 40.7 Å². The monoisotopic (exact) mass is 1300 g/mol. The van der Waals surface area contributed by atoms with Gasteiger partial charge in [-0.3, -0.25) is 9.80 Å². The van der Waals surface area contributed by atoms with Crippen molar-refractivity contribution in [3.05, 3.63) is 179 Å². The molecule has 8 aromatic rings. The minimum atomic E-state index is -4.12. The summed E-state index contributed by atoms with van der Waals surface area (Å²) in [6.45, 7) is 2.08. The van der Waals surface area contributed by atoms with Gasteiger partial charge in [0.2, 0.25) is 10.3 Å². The highest BCUT2D eigenvalue weighted by molar-refractivity contribution is 7.93. The number of rotatable bonds is 18. The SMILES string of the molecule is COc1ccc(CN(c2ncns2)S(=O)(=O)c2ccc3c(c2)OCC[C@@H]3N2CC[C@@H](C#N)C[C@H]2c2ccc(F)cc2)c(OC)c1.COc1ccc(CN(c2ncns2)S(=O)(=O)c2ccc3c(c2)OCC[C@H]3N2CC[C@@H](C#N)C[C@H]2c2ccc(F)cc2)c(OC)c1. The lowest BCUT2D eigenvalue weighted by Crippen LogP contribution is -2.41. The van der Waals surface area contributed by atoms with Crippen LogP contribution in [0.3, 0.4) is 0 Å². The number of aromatic nitrogens is 4. The van der Waals surface area contributed by atoms with Crippen LogP contribution in [0, 0.1) is 46.1 Å². The number of ether oxygens (including phenoxy) is 6. The van der Waals surface area contributed by atoms with Crippen molar-refractivity contribution in [3.8, 4) is 46.6 Å². The summed E-state index contributed by atoms with van der Waals surface area (Å²) < 4.78 is 129. The highest BCUT2D eigenvalue weighted by atomic mass is 32.2. The van der Waals surface area contributed by atoms with E-state index in [4.69, 9.17) is 28.4 Å². The van der Waals surface area contributed by atoms with Crippen LogP contribution < -0.4 is 37.0 Å². The fourth-order valence-electron chi connectivity index (χ4n) is 12.3. The molecule has 0 N–H and O–H groups in total. The lowest BCUT2D eigenvalue weighted by Gasteiger charge is -2.44. The summed E-state index contributed by atoms with van der Waals surface area (Å²) in [4.78, 5) is 13.2. The van der Waals surface area contributed by atoms with E-state index in [0.29, 0.717) is 97.6 Å². The van der Waals surface area contributed by atoms with Crippen molar-refractivity contribution in [1.82, 2.24) is 28.5 Å². The van der Waals surface area contributed by atoms with Crippen LogP contribution in [0.25, 0.3) is 0 Å². The van der Waals surface area contributed by atoms with Gasteiger partial charge in [-0.15, -0.1) is 0 Å². The number of benzene rings is 6. The van der Waals surface area contributed by atoms with E-state index in [1.807, 2.05) is 12.1 Å².